The van der Waals surface area contributed by atoms with Crippen LogP contribution in [-0.2, 0) is 0 Å². The second-order valence-electron chi connectivity index (χ2n) is 5.25. The van der Waals surface area contributed by atoms with Crippen LogP contribution >= 0.6 is 11.3 Å². The van der Waals surface area contributed by atoms with Crippen LogP contribution in [0.3, 0.4) is 0 Å². The molecule has 4 aromatic rings. The summed E-state index contributed by atoms with van der Waals surface area (Å²) in [4.78, 5) is 0.891. The number of anilines is 1. The van der Waals surface area contributed by atoms with Gasteiger partial charge in [0.1, 0.15) is 0 Å². The van der Waals surface area contributed by atoms with Gasteiger partial charge in [0, 0.05) is 16.6 Å². The van der Waals surface area contributed by atoms with Crippen molar-refractivity contribution in [3.05, 3.63) is 59.5 Å². The minimum Gasteiger partial charge on any atom is -0.399 e. The molecule has 0 radical (unpaired) electrons. The maximum Gasteiger partial charge on any atom is 0.216 e. The Labute approximate surface area is 131 Å². The molecule has 0 unspecified atom stereocenters. The first kappa shape index (κ1) is 13.0. The van der Waals surface area contributed by atoms with Crippen LogP contribution in [0.4, 0.5) is 5.69 Å². The van der Waals surface area contributed by atoms with E-state index in [1.165, 1.54) is 5.56 Å². The standard InChI is InChI=1S/C17H14N4S/c1-11-2-4-12(5-3-11)15-10-22-17-20-19-16(21(15)17)13-6-8-14(18)9-7-13/h2-10H,18H2,1H3. The fourth-order valence-corrected chi connectivity index (χ4v) is 3.30. The molecule has 0 aliphatic carbocycles. The molecule has 2 N–H and O–H groups in total. The van der Waals surface area contributed by atoms with Crippen LogP contribution in [0.5, 0.6) is 0 Å². The molecule has 4 nitrogen and oxygen atoms in total. The number of hydrogen-bond acceptors (Lipinski definition) is 4. The molecule has 0 aliphatic rings. The van der Waals surface area contributed by atoms with Crippen LogP contribution in [0.15, 0.2) is 53.9 Å². The van der Waals surface area contributed by atoms with Crippen molar-refractivity contribution in [1.82, 2.24) is 14.6 Å². The van der Waals surface area contributed by atoms with Gasteiger partial charge in [-0.25, -0.2) is 0 Å². The van der Waals surface area contributed by atoms with E-state index < -0.39 is 0 Å². The summed E-state index contributed by atoms with van der Waals surface area (Å²) in [5, 5.41) is 10.7. The third kappa shape index (κ3) is 2.07. The Balaban J connectivity index is 1.92. The molecule has 22 heavy (non-hydrogen) atoms. The van der Waals surface area contributed by atoms with E-state index in [1.807, 2.05) is 24.3 Å². The quantitative estimate of drug-likeness (QED) is 0.569. The Hall–Kier alpha value is -2.66. The molecule has 0 saturated carbocycles. The second kappa shape index (κ2) is 4.96. The molecule has 0 amide bonds. The van der Waals surface area contributed by atoms with Gasteiger partial charge in [0.15, 0.2) is 5.82 Å². The largest absolute Gasteiger partial charge is 0.399 e. The number of aryl methyl sites for hydroxylation is 1. The van der Waals surface area contributed by atoms with E-state index in [0.717, 1.165) is 33.3 Å². The highest BCUT2D eigenvalue weighted by atomic mass is 32.1. The van der Waals surface area contributed by atoms with Gasteiger partial charge in [-0.1, -0.05) is 29.8 Å². The van der Waals surface area contributed by atoms with Gasteiger partial charge in [-0.15, -0.1) is 21.5 Å². The Morgan fingerprint density at radius 1 is 0.909 bits per heavy atom. The molecule has 5 heteroatoms. The third-order valence-corrected chi connectivity index (χ3v) is 4.48. The van der Waals surface area contributed by atoms with Gasteiger partial charge in [-0.2, -0.15) is 0 Å². The van der Waals surface area contributed by atoms with Crippen LogP contribution < -0.4 is 5.73 Å². The van der Waals surface area contributed by atoms with E-state index in [-0.39, 0.29) is 0 Å². The number of nitrogens with two attached hydrogens (primary N) is 1. The number of nitrogen functional groups attached to an aromatic ring is 1. The summed E-state index contributed by atoms with van der Waals surface area (Å²) in [6.07, 6.45) is 0. The summed E-state index contributed by atoms with van der Waals surface area (Å²) in [5.41, 5.74) is 11.0. The minimum atomic E-state index is 0.744. The maximum absolute atomic E-state index is 5.77. The van der Waals surface area contributed by atoms with Crippen LogP contribution in [-0.4, -0.2) is 14.6 Å². The van der Waals surface area contributed by atoms with E-state index in [2.05, 4.69) is 51.2 Å². The lowest BCUT2D eigenvalue weighted by molar-refractivity contribution is 1.11. The van der Waals surface area contributed by atoms with Crippen molar-refractivity contribution in [2.75, 3.05) is 5.73 Å². The highest BCUT2D eigenvalue weighted by molar-refractivity contribution is 7.15. The molecule has 0 fully saturated rings. The zero-order valence-corrected chi connectivity index (χ0v) is 12.8. The van der Waals surface area contributed by atoms with Crippen LogP contribution in [0, 0.1) is 6.92 Å². The predicted octanol–water partition coefficient (Wildman–Crippen LogP) is 4.02. The molecule has 2 aromatic heterocycles. The average Bonchev–Trinajstić information content (AvgIpc) is 3.11. The second-order valence-corrected chi connectivity index (χ2v) is 6.09. The summed E-state index contributed by atoms with van der Waals surface area (Å²) in [5.74, 6) is 0.840. The fraction of sp³-hybridized carbons (Fsp3) is 0.0588. The lowest BCUT2D eigenvalue weighted by atomic mass is 10.1. The van der Waals surface area contributed by atoms with Gasteiger partial charge in [0.2, 0.25) is 4.96 Å². The van der Waals surface area contributed by atoms with E-state index >= 15 is 0 Å². The lowest BCUT2D eigenvalue weighted by Gasteiger charge is -2.04. The molecule has 0 spiro atoms. The highest BCUT2D eigenvalue weighted by Gasteiger charge is 2.14. The van der Waals surface area contributed by atoms with Gasteiger partial charge >= 0.3 is 0 Å². The zero-order chi connectivity index (χ0) is 15.1. The third-order valence-electron chi connectivity index (χ3n) is 3.67. The van der Waals surface area contributed by atoms with Gasteiger partial charge in [0.25, 0.3) is 0 Å². The highest BCUT2D eigenvalue weighted by Crippen LogP contribution is 2.30. The Morgan fingerprint density at radius 3 is 2.32 bits per heavy atom. The Bertz CT molecular complexity index is 858. The van der Waals surface area contributed by atoms with Gasteiger partial charge < -0.3 is 5.73 Å². The average molecular weight is 306 g/mol. The van der Waals surface area contributed by atoms with E-state index in [4.69, 9.17) is 5.73 Å². The van der Waals surface area contributed by atoms with Crippen molar-refractivity contribution in [1.29, 1.82) is 0 Å². The molecule has 108 valence electrons. The first-order chi connectivity index (χ1) is 10.7. The van der Waals surface area contributed by atoms with Crippen LogP contribution in [0.2, 0.25) is 0 Å². The first-order valence-electron chi connectivity index (χ1n) is 6.98. The normalized spacial score (nSPS) is 11.1. The molecule has 2 aromatic carbocycles. The van der Waals surface area contributed by atoms with Crippen molar-refractivity contribution in [2.24, 2.45) is 0 Å². The number of rotatable bonds is 2. The Kier molecular flexibility index (Phi) is 2.94. The summed E-state index contributed by atoms with van der Waals surface area (Å²) >= 11 is 1.60. The molecule has 4 rings (SSSR count). The lowest BCUT2D eigenvalue weighted by Crippen LogP contribution is -1.92. The SMILES string of the molecule is Cc1ccc(-c2csc3nnc(-c4ccc(N)cc4)n23)cc1. The molecule has 0 bridgehead atoms. The number of aromatic nitrogens is 3. The van der Waals surface area contributed by atoms with Crippen molar-refractivity contribution >= 4 is 22.0 Å². The van der Waals surface area contributed by atoms with Crippen molar-refractivity contribution in [3.63, 3.8) is 0 Å². The van der Waals surface area contributed by atoms with Crippen LogP contribution in [0.1, 0.15) is 5.56 Å². The number of fused-ring (bicyclic) bond motifs is 1. The molecule has 0 atom stereocenters. The van der Waals surface area contributed by atoms with Crippen molar-refractivity contribution in [3.8, 4) is 22.6 Å². The monoisotopic (exact) mass is 306 g/mol. The Morgan fingerprint density at radius 2 is 1.59 bits per heavy atom. The van der Waals surface area contributed by atoms with Crippen molar-refractivity contribution in [2.45, 2.75) is 6.92 Å². The fourth-order valence-electron chi connectivity index (χ4n) is 2.47. The molecule has 2 heterocycles. The summed E-state index contributed by atoms with van der Waals surface area (Å²) in [6.45, 7) is 2.09. The van der Waals surface area contributed by atoms with Gasteiger partial charge in [-0.3, -0.25) is 4.40 Å². The smallest absolute Gasteiger partial charge is 0.216 e. The van der Waals surface area contributed by atoms with Gasteiger partial charge in [-0.05, 0) is 36.8 Å². The molecular weight excluding hydrogens is 292 g/mol. The molecular formula is C17H14N4S. The maximum atomic E-state index is 5.77. The zero-order valence-electron chi connectivity index (χ0n) is 12.0. The summed E-state index contributed by atoms with van der Waals surface area (Å²) in [6, 6.07) is 16.2. The molecule has 0 saturated heterocycles. The van der Waals surface area contributed by atoms with Crippen molar-refractivity contribution < 1.29 is 0 Å². The predicted molar refractivity (Wildman–Crippen MR) is 90.9 cm³/mol. The summed E-state index contributed by atoms with van der Waals surface area (Å²) < 4.78 is 2.10. The number of hydrogen-bond donors (Lipinski definition) is 1. The number of nitrogens with zero attached hydrogens (tertiary/aromatic N) is 3. The van der Waals surface area contributed by atoms with Gasteiger partial charge in [0.05, 0.1) is 5.69 Å². The number of thiazole rings is 1. The van der Waals surface area contributed by atoms with E-state index in [9.17, 15) is 0 Å². The summed E-state index contributed by atoms with van der Waals surface area (Å²) in [7, 11) is 0. The van der Waals surface area contributed by atoms with Crippen LogP contribution in [0.25, 0.3) is 27.6 Å². The minimum absolute atomic E-state index is 0.744. The van der Waals surface area contributed by atoms with E-state index in [1.54, 1.807) is 11.3 Å². The topological polar surface area (TPSA) is 56.2 Å². The first-order valence-corrected chi connectivity index (χ1v) is 7.86. The molecule has 0 aliphatic heterocycles. The number of benzene rings is 2. The van der Waals surface area contributed by atoms with E-state index in [0.29, 0.717) is 0 Å².